The van der Waals surface area contributed by atoms with Crippen LogP contribution in [0.5, 0.6) is 0 Å². The molecule has 0 fully saturated rings. The summed E-state index contributed by atoms with van der Waals surface area (Å²) in [5, 5.41) is 10.7. The van der Waals surface area contributed by atoms with Crippen molar-refractivity contribution in [3.8, 4) is 0 Å². The molecule has 0 saturated carbocycles. The van der Waals surface area contributed by atoms with E-state index in [4.69, 9.17) is 10.8 Å². The highest BCUT2D eigenvalue weighted by Crippen LogP contribution is 2.02. The van der Waals surface area contributed by atoms with Crippen molar-refractivity contribution >= 4 is 11.9 Å². The lowest BCUT2D eigenvalue weighted by atomic mass is 10.2. The third-order valence-corrected chi connectivity index (χ3v) is 1.90. The van der Waals surface area contributed by atoms with E-state index in [0.717, 1.165) is 0 Å². The molecule has 0 spiro atoms. The number of amides is 1. The highest BCUT2D eigenvalue weighted by molar-refractivity contribution is 6.00. The summed E-state index contributed by atoms with van der Waals surface area (Å²) in [7, 11) is 0. The summed E-state index contributed by atoms with van der Waals surface area (Å²) in [5.74, 6) is -2.64. The zero-order valence-electron chi connectivity index (χ0n) is 8.31. The zero-order valence-corrected chi connectivity index (χ0v) is 8.31. The SMILES string of the molecule is NC(C(=O)O)C(=O)NCc1cccc(F)c1. The molecule has 1 unspecified atom stereocenters. The Morgan fingerprint density at radius 2 is 2.19 bits per heavy atom. The minimum atomic E-state index is -1.60. The molecule has 0 aliphatic carbocycles. The van der Waals surface area contributed by atoms with Crippen LogP contribution < -0.4 is 11.1 Å². The standard InChI is InChI=1S/C10H11FN2O3/c11-7-3-1-2-6(4-7)5-13-9(14)8(12)10(15)16/h1-4,8H,5,12H2,(H,13,14)(H,15,16). The van der Waals surface area contributed by atoms with E-state index < -0.39 is 23.7 Å². The summed E-state index contributed by atoms with van der Waals surface area (Å²) < 4.78 is 12.7. The number of aliphatic carboxylic acids is 1. The molecule has 1 rings (SSSR count). The van der Waals surface area contributed by atoms with E-state index >= 15 is 0 Å². The molecule has 1 aromatic rings. The normalized spacial score (nSPS) is 11.9. The van der Waals surface area contributed by atoms with Gasteiger partial charge in [-0.2, -0.15) is 0 Å². The second-order valence-electron chi connectivity index (χ2n) is 3.16. The number of carboxylic acid groups (broad SMARTS) is 1. The first-order valence-electron chi connectivity index (χ1n) is 4.51. The molecule has 1 aromatic carbocycles. The molecular weight excluding hydrogens is 215 g/mol. The largest absolute Gasteiger partial charge is 0.480 e. The van der Waals surface area contributed by atoms with Gasteiger partial charge in [-0.05, 0) is 17.7 Å². The van der Waals surface area contributed by atoms with Gasteiger partial charge in [-0.1, -0.05) is 12.1 Å². The molecule has 1 amide bonds. The summed E-state index contributed by atoms with van der Waals surface area (Å²) in [6, 6.07) is 4.01. The topological polar surface area (TPSA) is 92.4 Å². The third kappa shape index (κ3) is 3.32. The summed E-state index contributed by atoms with van der Waals surface area (Å²) in [6.07, 6.45) is 0. The fourth-order valence-electron chi connectivity index (χ4n) is 1.06. The van der Waals surface area contributed by atoms with Crippen molar-refractivity contribution in [1.82, 2.24) is 5.32 Å². The maximum atomic E-state index is 12.7. The molecule has 0 aliphatic heterocycles. The van der Waals surface area contributed by atoms with Gasteiger partial charge in [-0.3, -0.25) is 4.79 Å². The maximum absolute atomic E-state index is 12.7. The monoisotopic (exact) mass is 226 g/mol. The number of nitrogens with two attached hydrogens (primary N) is 1. The van der Waals surface area contributed by atoms with Crippen molar-refractivity contribution in [2.24, 2.45) is 5.73 Å². The Morgan fingerprint density at radius 3 is 2.75 bits per heavy atom. The average molecular weight is 226 g/mol. The number of hydrogen-bond acceptors (Lipinski definition) is 3. The van der Waals surface area contributed by atoms with Gasteiger partial charge in [0, 0.05) is 6.54 Å². The first-order valence-corrected chi connectivity index (χ1v) is 4.51. The van der Waals surface area contributed by atoms with Gasteiger partial charge < -0.3 is 16.2 Å². The van der Waals surface area contributed by atoms with Crippen LogP contribution in [0.2, 0.25) is 0 Å². The van der Waals surface area contributed by atoms with Crippen LogP contribution >= 0.6 is 0 Å². The number of carboxylic acids is 1. The van der Waals surface area contributed by atoms with Crippen LogP contribution in [0.1, 0.15) is 5.56 Å². The molecule has 86 valence electrons. The molecule has 16 heavy (non-hydrogen) atoms. The van der Waals surface area contributed by atoms with E-state index in [1.54, 1.807) is 6.07 Å². The van der Waals surface area contributed by atoms with Crippen LogP contribution in [0.25, 0.3) is 0 Å². The lowest BCUT2D eigenvalue weighted by Crippen LogP contribution is -2.45. The van der Waals surface area contributed by atoms with Crippen LogP contribution in [0, 0.1) is 5.82 Å². The van der Waals surface area contributed by atoms with Crippen molar-refractivity contribution in [3.63, 3.8) is 0 Å². The highest BCUT2D eigenvalue weighted by atomic mass is 19.1. The molecule has 0 aromatic heterocycles. The fourth-order valence-corrected chi connectivity index (χ4v) is 1.06. The van der Waals surface area contributed by atoms with E-state index in [-0.39, 0.29) is 6.54 Å². The van der Waals surface area contributed by atoms with Crippen molar-refractivity contribution in [2.75, 3.05) is 0 Å². The molecule has 4 N–H and O–H groups in total. The Kier molecular flexibility index (Phi) is 3.96. The quantitative estimate of drug-likeness (QED) is 0.623. The molecule has 1 atom stereocenters. The van der Waals surface area contributed by atoms with Gasteiger partial charge in [0.15, 0.2) is 6.04 Å². The van der Waals surface area contributed by atoms with E-state index in [0.29, 0.717) is 5.56 Å². The predicted octanol–water partition coefficient (Wildman–Crippen LogP) is -0.146. The van der Waals surface area contributed by atoms with Gasteiger partial charge >= 0.3 is 5.97 Å². The van der Waals surface area contributed by atoms with E-state index in [1.807, 2.05) is 0 Å². The van der Waals surface area contributed by atoms with Gasteiger partial charge in [0.1, 0.15) is 5.82 Å². The molecule has 0 heterocycles. The molecule has 0 saturated heterocycles. The van der Waals surface area contributed by atoms with Gasteiger partial charge in [-0.15, -0.1) is 0 Å². The molecule has 0 radical (unpaired) electrons. The maximum Gasteiger partial charge on any atom is 0.330 e. The predicted molar refractivity (Wildman–Crippen MR) is 53.9 cm³/mol. The Labute approximate surface area is 91.1 Å². The van der Waals surface area contributed by atoms with Crippen molar-refractivity contribution in [3.05, 3.63) is 35.6 Å². The van der Waals surface area contributed by atoms with E-state index in [2.05, 4.69) is 5.32 Å². The summed E-state index contributed by atoms with van der Waals surface area (Å²) >= 11 is 0. The molecular formula is C10H11FN2O3. The lowest BCUT2D eigenvalue weighted by Gasteiger charge is -2.08. The number of carbonyl (C=O) groups excluding carboxylic acids is 1. The number of carbonyl (C=O) groups is 2. The second-order valence-corrected chi connectivity index (χ2v) is 3.16. The van der Waals surface area contributed by atoms with E-state index in [9.17, 15) is 14.0 Å². The fraction of sp³-hybridized carbons (Fsp3) is 0.200. The highest BCUT2D eigenvalue weighted by Gasteiger charge is 2.20. The van der Waals surface area contributed by atoms with Gasteiger partial charge in [-0.25, -0.2) is 9.18 Å². The van der Waals surface area contributed by atoms with Crippen LogP contribution in [0.4, 0.5) is 4.39 Å². The molecule has 0 aliphatic rings. The average Bonchev–Trinajstić information content (AvgIpc) is 2.24. The van der Waals surface area contributed by atoms with Crippen molar-refractivity contribution in [1.29, 1.82) is 0 Å². The number of nitrogens with one attached hydrogen (secondary N) is 1. The third-order valence-electron chi connectivity index (χ3n) is 1.90. The Balaban J connectivity index is 2.52. The Hall–Kier alpha value is -1.95. The van der Waals surface area contributed by atoms with Gasteiger partial charge in [0.25, 0.3) is 0 Å². The van der Waals surface area contributed by atoms with Crippen LogP contribution in [-0.2, 0) is 16.1 Å². The number of hydrogen-bond donors (Lipinski definition) is 3. The molecule has 6 heteroatoms. The first kappa shape index (κ1) is 12.1. The van der Waals surface area contributed by atoms with Gasteiger partial charge in [0.2, 0.25) is 5.91 Å². The number of benzene rings is 1. The smallest absolute Gasteiger partial charge is 0.330 e. The number of rotatable bonds is 4. The summed E-state index contributed by atoms with van der Waals surface area (Å²) in [4.78, 5) is 21.5. The number of halogens is 1. The minimum absolute atomic E-state index is 0.0393. The van der Waals surface area contributed by atoms with Crippen LogP contribution in [-0.4, -0.2) is 23.0 Å². The van der Waals surface area contributed by atoms with Crippen molar-refractivity contribution in [2.45, 2.75) is 12.6 Å². The molecule has 5 nitrogen and oxygen atoms in total. The minimum Gasteiger partial charge on any atom is -0.480 e. The Morgan fingerprint density at radius 1 is 1.50 bits per heavy atom. The lowest BCUT2D eigenvalue weighted by molar-refractivity contribution is -0.142. The Bertz CT molecular complexity index is 409. The first-order chi connectivity index (χ1) is 7.50. The van der Waals surface area contributed by atoms with E-state index in [1.165, 1.54) is 18.2 Å². The zero-order chi connectivity index (χ0) is 12.1. The van der Waals surface area contributed by atoms with Gasteiger partial charge in [0.05, 0.1) is 0 Å². The van der Waals surface area contributed by atoms with Crippen LogP contribution in [0.3, 0.4) is 0 Å². The summed E-state index contributed by atoms with van der Waals surface area (Å²) in [5.41, 5.74) is 5.60. The van der Waals surface area contributed by atoms with Crippen LogP contribution in [0.15, 0.2) is 24.3 Å². The second kappa shape index (κ2) is 5.22. The molecule has 0 bridgehead atoms. The van der Waals surface area contributed by atoms with Crippen molar-refractivity contribution < 1.29 is 19.1 Å². The summed E-state index contributed by atoms with van der Waals surface area (Å²) in [6.45, 7) is 0.0393.